The molecule has 3 heterocycles. The Kier molecular flexibility index (Phi) is 4.71. The van der Waals surface area contributed by atoms with Gasteiger partial charge in [0.15, 0.2) is 0 Å². The number of benzene rings is 1. The molecule has 3 N–H and O–H groups in total. The quantitative estimate of drug-likeness (QED) is 0.733. The van der Waals surface area contributed by atoms with Crippen molar-refractivity contribution < 1.29 is 31.9 Å². The number of aliphatic imine (C=N–C) groups is 1. The number of amidine groups is 1. The number of aromatic nitrogens is 2. The summed E-state index contributed by atoms with van der Waals surface area (Å²) in [6.07, 6.45) is 1.96. The molecule has 2 aromatic rings. The molecule has 31 heavy (non-hydrogen) atoms. The number of alkyl halides is 1. The number of anilines is 1. The van der Waals surface area contributed by atoms with Gasteiger partial charge in [-0.1, -0.05) is 0 Å². The Balaban J connectivity index is 1.61. The van der Waals surface area contributed by atoms with Crippen molar-refractivity contribution in [3.63, 3.8) is 0 Å². The summed E-state index contributed by atoms with van der Waals surface area (Å²) in [5.41, 5.74) is 3.99. The monoisotopic (exact) mass is 436 g/mol. The summed E-state index contributed by atoms with van der Waals surface area (Å²) in [7, 11) is -2.71. The van der Waals surface area contributed by atoms with Gasteiger partial charge in [0.2, 0.25) is 5.88 Å². The highest BCUT2D eigenvalue weighted by Gasteiger charge is 2.52. The average Bonchev–Trinajstić information content (AvgIpc) is 2.79. The fourth-order valence-corrected chi connectivity index (χ4v) is 3.84. The minimum Gasteiger partial charge on any atom is -0.480 e. The van der Waals surface area contributed by atoms with Crippen LogP contribution in [0.5, 0.6) is 5.88 Å². The van der Waals surface area contributed by atoms with Crippen LogP contribution in [0.1, 0.15) is 26.6 Å². The van der Waals surface area contributed by atoms with E-state index in [0.29, 0.717) is 13.0 Å². The number of nitrogens with zero attached hydrogens (tertiary/aromatic N) is 3. The van der Waals surface area contributed by atoms with Crippen molar-refractivity contribution in [3.8, 4) is 5.88 Å². The summed E-state index contributed by atoms with van der Waals surface area (Å²) in [5.74, 6) is -2.36. The van der Waals surface area contributed by atoms with E-state index < -0.39 is 43.0 Å². The maximum atomic E-state index is 15.0. The molecule has 4 rings (SSSR count). The largest absolute Gasteiger partial charge is 0.480 e. The van der Waals surface area contributed by atoms with Crippen LogP contribution in [-0.2, 0) is 15.0 Å². The number of hydrogen-bond acceptors (Lipinski definition) is 8. The zero-order valence-corrected chi connectivity index (χ0v) is 16.2. The highest BCUT2D eigenvalue weighted by molar-refractivity contribution is 6.02. The number of carbonyl (C=O) groups excluding carboxylic acids is 1. The van der Waals surface area contributed by atoms with Crippen LogP contribution >= 0.6 is 0 Å². The van der Waals surface area contributed by atoms with E-state index in [1.807, 2.05) is 0 Å². The van der Waals surface area contributed by atoms with Crippen molar-refractivity contribution in [2.24, 2.45) is 16.6 Å². The molecule has 0 aliphatic carbocycles. The van der Waals surface area contributed by atoms with E-state index in [0.717, 1.165) is 18.5 Å². The Labute approximate surface area is 180 Å². The summed E-state index contributed by atoms with van der Waals surface area (Å²) in [6, 6.07) is 3.41. The summed E-state index contributed by atoms with van der Waals surface area (Å²) in [4.78, 5) is 24.3. The lowest BCUT2D eigenvalue weighted by Crippen LogP contribution is -2.54. The number of fused-ring (bicyclic) bond motifs is 1. The lowest BCUT2D eigenvalue weighted by atomic mass is 9.74. The first-order chi connectivity index (χ1) is 16.1. The predicted molar refractivity (Wildman–Crippen MR) is 106 cm³/mol. The van der Waals surface area contributed by atoms with E-state index in [-0.39, 0.29) is 35.5 Å². The van der Waals surface area contributed by atoms with Gasteiger partial charge >= 0.3 is 0 Å². The molecule has 9 nitrogen and oxygen atoms in total. The molecule has 1 aromatic heterocycles. The third kappa shape index (κ3) is 3.88. The van der Waals surface area contributed by atoms with Gasteiger partial charge in [-0.05, 0) is 18.2 Å². The molecule has 11 heteroatoms. The van der Waals surface area contributed by atoms with E-state index >= 15 is 0 Å². The molecule has 0 bridgehead atoms. The van der Waals surface area contributed by atoms with Crippen molar-refractivity contribution in [1.82, 2.24) is 9.97 Å². The average molecular weight is 436 g/mol. The highest BCUT2D eigenvalue weighted by Crippen LogP contribution is 2.44. The van der Waals surface area contributed by atoms with Gasteiger partial charge in [-0.15, -0.1) is 0 Å². The number of halogens is 2. The Morgan fingerprint density at radius 3 is 3.06 bits per heavy atom. The molecule has 2 aliphatic rings. The molecule has 1 saturated heterocycles. The topological polar surface area (TPSA) is 121 Å². The lowest BCUT2D eigenvalue weighted by molar-refractivity contribution is -0.0785. The van der Waals surface area contributed by atoms with Crippen LogP contribution in [0.25, 0.3) is 0 Å². The zero-order chi connectivity index (χ0) is 24.5. The minimum atomic E-state index is -2.71. The van der Waals surface area contributed by atoms with E-state index in [1.165, 1.54) is 12.1 Å². The maximum absolute atomic E-state index is 15.0. The first-order valence-electron chi connectivity index (χ1n) is 10.9. The van der Waals surface area contributed by atoms with Crippen LogP contribution in [0.3, 0.4) is 0 Å². The number of nitrogens with two attached hydrogens (primary N) is 1. The number of amides is 1. The number of rotatable bonds is 5. The summed E-state index contributed by atoms with van der Waals surface area (Å²) in [5, 5.41) is 2.53. The predicted octanol–water partition coefficient (Wildman–Crippen LogP) is 1.79. The van der Waals surface area contributed by atoms with E-state index in [9.17, 15) is 13.6 Å². The second kappa shape index (κ2) is 8.42. The molecule has 3 atom stereocenters. The number of nitrogens with one attached hydrogen (secondary N) is 1. The first kappa shape index (κ1) is 17.4. The SMILES string of the molecule is [2H]C([2H])([2H])Oc1cnc(C(=O)Nc2ccc(F)c([C@@]3(CF)N=C(N)O[C@@H]4CCOC[C@@H]43)c2)cn1. The molecule has 164 valence electrons. The van der Waals surface area contributed by atoms with Crippen molar-refractivity contribution in [1.29, 1.82) is 0 Å². The molecular formula is C20H21F2N5O4. The standard InChI is InChI=1S/C20H21F2N5O4/c1-29-17-8-24-15(7-25-17)18(28)26-11-2-3-14(22)12(6-11)20(10-21)13-9-30-5-4-16(13)31-19(23)27-20/h2-3,6-8,13,16H,4-5,9-10H2,1H3,(H2,23,27)(H,26,28)/t13-,16+,20+/m0/s1/i1D3. The normalized spacial score (nSPS) is 26.9. The molecule has 1 aromatic carbocycles. The van der Waals surface area contributed by atoms with Crippen molar-refractivity contribution in [3.05, 3.63) is 47.7 Å². The van der Waals surface area contributed by atoms with Gasteiger partial charge in [-0.2, -0.15) is 0 Å². The van der Waals surface area contributed by atoms with Crippen LogP contribution in [0, 0.1) is 11.7 Å². The Hall–Kier alpha value is -3.34. The molecule has 1 fully saturated rings. The van der Waals surface area contributed by atoms with Gasteiger partial charge in [0.05, 0.1) is 42.7 Å². The first-order valence-corrected chi connectivity index (χ1v) is 9.39. The molecule has 0 spiro atoms. The van der Waals surface area contributed by atoms with Gasteiger partial charge in [0.25, 0.3) is 11.9 Å². The number of carbonyl (C=O) groups is 1. The Bertz CT molecular complexity index is 1100. The number of methoxy groups -OCH3 is 1. The third-order valence-electron chi connectivity index (χ3n) is 5.35. The maximum Gasteiger partial charge on any atom is 0.283 e. The molecule has 1 amide bonds. The molecule has 0 unspecified atom stereocenters. The van der Waals surface area contributed by atoms with Gasteiger partial charge in [-0.25, -0.2) is 23.7 Å². The van der Waals surface area contributed by atoms with Gasteiger partial charge in [0.1, 0.15) is 29.8 Å². The molecule has 0 saturated carbocycles. The summed E-state index contributed by atoms with van der Waals surface area (Å²) in [6.45, 7) is -0.569. The van der Waals surface area contributed by atoms with Crippen molar-refractivity contribution in [2.45, 2.75) is 18.1 Å². The second-order valence-corrected chi connectivity index (χ2v) is 7.13. The van der Waals surface area contributed by atoms with Crippen LogP contribution in [0.4, 0.5) is 14.5 Å². The van der Waals surface area contributed by atoms with E-state index in [2.05, 4.69) is 25.0 Å². The number of ether oxygens (including phenoxy) is 3. The smallest absolute Gasteiger partial charge is 0.283 e. The highest BCUT2D eigenvalue weighted by atomic mass is 19.1. The molecule has 2 aliphatic heterocycles. The van der Waals surface area contributed by atoms with Gasteiger partial charge in [-0.3, -0.25) is 4.79 Å². The number of hydrogen-bond donors (Lipinski definition) is 2. The minimum absolute atomic E-state index is 0.0989. The van der Waals surface area contributed by atoms with Gasteiger partial charge < -0.3 is 25.3 Å². The fraction of sp³-hybridized carbons (Fsp3) is 0.400. The Morgan fingerprint density at radius 2 is 2.32 bits per heavy atom. The summed E-state index contributed by atoms with van der Waals surface area (Å²) >= 11 is 0. The van der Waals surface area contributed by atoms with E-state index in [4.69, 9.17) is 19.3 Å². The van der Waals surface area contributed by atoms with Crippen LogP contribution in [0.2, 0.25) is 0 Å². The third-order valence-corrected chi connectivity index (χ3v) is 5.35. The second-order valence-electron chi connectivity index (χ2n) is 7.13. The van der Waals surface area contributed by atoms with Crippen molar-refractivity contribution in [2.75, 3.05) is 32.2 Å². The molecule has 0 radical (unpaired) electrons. The van der Waals surface area contributed by atoms with E-state index in [1.54, 1.807) is 0 Å². The van der Waals surface area contributed by atoms with Crippen LogP contribution < -0.4 is 15.8 Å². The lowest BCUT2D eigenvalue weighted by Gasteiger charge is -2.45. The van der Waals surface area contributed by atoms with Crippen LogP contribution in [0.15, 0.2) is 35.6 Å². The van der Waals surface area contributed by atoms with Crippen molar-refractivity contribution >= 4 is 17.6 Å². The fourth-order valence-electron chi connectivity index (χ4n) is 3.84. The van der Waals surface area contributed by atoms with Gasteiger partial charge in [0, 0.05) is 17.7 Å². The molecular weight excluding hydrogens is 412 g/mol. The Morgan fingerprint density at radius 1 is 1.45 bits per heavy atom. The summed E-state index contributed by atoms with van der Waals surface area (Å²) < 4.78 is 66.3. The zero-order valence-electron chi connectivity index (χ0n) is 19.2. The van der Waals surface area contributed by atoms with Crippen LogP contribution in [-0.4, -0.2) is 54.9 Å².